The maximum Gasteiger partial charge on any atom is 0.0501 e. The van der Waals surface area contributed by atoms with Crippen molar-refractivity contribution in [2.24, 2.45) is 0 Å². The Hall–Kier alpha value is -0.950. The molecule has 0 radical (unpaired) electrons. The second kappa shape index (κ2) is 3.08. The average Bonchev–Trinajstić information content (AvgIpc) is 2.12. The monoisotopic (exact) mass is 193 g/mol. The first-order chi connectivity index (χ1) is 6.20. The minimum absolute atomic E-state index is 0.804. The highest BCUT2D eigenvalue weighted by Gasteiger charge is 2.16. The standard InChI is InChI=1S/C11H12ClN/c1-7-5-6-13-11-8(2)3-4-9(12)10(7)11/h3-4,13H,1,5-6H2,2H3. The van der Waals surface area contributed by atoms with Crippen LogP contribution in [0.2, 0.25) is 5.02 Å². The first kappa shape index (κ1) is 8.64. The fraction of sp³-hybridized carbons (Fsp3) is 0.273. The smallest absolute Gasteiger partial charge is 0.0501 e. The van der Waals surface area contributed by atoms with Crippen LogP contribution in [0.3, 0.4) is 0 Å². The molecule has 68 valence electrons. The van der Waals surface area contributed by atoms with Crippen LogP contribution < -0.4 is 5.32 Å². The average molecular weight is 194 g/mol. The molecule has 1 aliphatic rings. The van der Waals surface area contributed by atoms with Gasteiger partial charge in [0.1, 0.15) is 0 Å². The van der Waals surface area contributed by atoms with E-state index < -0.39 is 0 Å². The fourth-order valence-corrected chi connectivity index (χ4v) is 2.01. The third kappa shape index (κ3) is 1.33. The molecule has 0 saturated carbocycles. The number of rotatable bonds is 0. The summed E-state index contributed by atoms with van der Waals surface area (Å²) >= 11 is 6.11. The van der Waals surface area contributed by atoms with E-state index in [1.807, 2.05) is 12.1 Å². The van der Waals surface area contributed by atoms with Crippen molar-refractivity contribution in [2.45, 2.75) is 13.3 Å². The van der Waals surface area contributed by atoms with E-state index in [4.69, 9.17) is 11.6 Å². The van der Waals surface area contributed by atoms with E-state index in [1.165, 1.54) is 5.56 Å². The molecule has 0 spiro atoms. The second-order valence-corrected chi connectivity index (χ2v) is 3.80. The van der Waals surface area contributed by atoms with Gasteiger partial charge in [-0.05, 0) is 30.5 Å². The predicted molar refractivity (Wildman–Crippen MR) is 58.3 cm³/mol. The van der Waals surface area contributed by atoms with Gasteiger partial charge < -0.3 is 5.32 Å². The molecule has 1 N–H and O–H groups in total. The summed E-state index contributed by atoms with van der Waals surface area (Å²) in [4.78, 5) is 0. The predicted octanol–water partition coefficient (Wildman–Crippen LogP) is 3.48. The minimum Gasteiger partial charge on any atom is -0.384 e. The number of hydrogen-bond donors (Lipinski definition) is 1. The Balaban J connectivity index is 2.67. The number of halogens is 1. The Morgan fingerprint density at radius 3 is 2.92 bits per heavy atom. The van der Waals surface area contributed by atoms with Gasteiger partial charge in [0, 0.05) is 17.8 Å². The highest BCUT2D eigenvalue weighted by molar-refractivity contribution is 6.33. The Labute approximate surface area is 83.4 Å². The molecule has 0 fully saturated rings. The van der Waals surface area contributed by atoms with Gasteiger partial charge in [-0.25, -0.2) is 0 Å². The van der Waals surface area contributed by atoms with Gasteiger partial charge in [-0.2, -0.15) is 0 Å². The molecule has 1 aromatic rings. The third-order valence-corrected chi connectivity index (χ3v) is 2.76. The van der Waals surface area contributed by atoms with E-state index in [0.29, 0.717) is 0 Å². The number of fused-ring (bicyclic) bond motifs is 1. The van der Waals surface area contributed by atoms with Crippen LogP contribution in [-0.2, 0) is 0 Å². The first-order valence-electron chi connectivity index (χ1n) is 4.41. The third-order valence-electron chi connectivity index (χ3n) is 2.44. The molecule has 13 heavy (non-hydrogen) atoms. The maximum atomic E-state index is 6.11. The molecule has 0 aliphatic carbocycles. The van der Waals surface area contributed by atoms with Crippen molar-refractivity contribution < 1.29 is 0 Å². The topological polar surface area (TPSA) is 12.0 Å². The van der Waals surface area contributed by atoms with Crippen LogP contribution in [0.5, 0.6) is 0 Å². The molecule has 1 aromatic carbocycles. The Kier molecular flexibility index (Phi) is 2.04. The van der Waals surface area contributed by atoms with Gasteiger partial charge in [0.25, 0.3) is 0 Å². The second-order valence-electron chi connectivity index (χ2n) is 3.39. The summed E-state index contributed by atoms with van der Waals surface area (Å²) in [5.74, 6) is 0. The summed E-state index contributed by atoms with van der Waals surface area (Å²) in [6, 6.07) is 3.97. The van der Waals surface area contributed by atoms with Gasteiger partial charge in [-0.3, -0.25) is 0 Å². The van der Waals surface area contributed by atoms with Crippen molar-refractivity contribution >= 4 is 22.9 Å². The lowest BCUT2D eigenvalue weighted by Crippen LogP contribution is -2.12. The van der Waals surface area contributed by atoms with Gasteiger partial charge in [0.15, 0.2) is 0 Å². The van der Waals surface area contributed by atoms with Crippen LogP contribution >= 0.6 is 11.6 Å². The molecule has 0 aromatic heterocycles. The molecule has 0 amide bonds. The van der Waals surface area contributed by atoms with Crippen LogP contribution in [0.15, 0.2) is 18.7 Å². The van der Waals surface area contributed by atoms with Crippen molar-refractivity contribution in [3.8, 4) is 0 Å². The number of hydrogen-bond acceptors (Lipinski definition) is 1. The fourth-order valence-electron chi connectivity index (χ4n) is 1.72. The Morgan fingerprint density at radius 2 is 2.23 bits per heavy atom. The molecule has 1 nitrogen and oxygen atoms in total. The summed E-state index contributed by atoms with van der Waals surface area (Å²) in [7, 11) is 0. The molecule has 0 saturated heterocycles. The molecular formula is C11H12ClN. The number of benzene rings is 1. The quantitative estimate of drug-likeness (QED) is 0.665. The number of aryl methyl sites for hydroxylation is 1. The SMILES string of the molecule is C=C1CCNc2c(C)ccc(Cl)c21. The van der Waals surface area contributed by atoms with Crippen LogP contribution in [0, 0.1) is 6.92 Å². The van der Waals surface area contributed by atoms with Gasteiger partial charge in [-0.1, -0.05) is 24.2 Å². The van der Waals surface area contributed by atoms with Crippen molar-refractivity contribution in [1.82, 2.24) is 0 Å². The Bertz CT molecular complexity index is 369. The van der Waals surface area contributed by atoms with Crippen molar-refractivity contribution in [1.29, 1.82) is 0 Å². The van der Waals surface area contributed by atoms with E-state index >= 15 is 0 Å². The molecular weight excluding hydrogens is 182 g/mol. The molecule has 1 heterocycles. The zero-order valence-electron chi connectivity index (χ0n) is 7.65. The van der Waals surface area contributed by atoms with E-state index in [9.17, 15) is 0 Å². The normalized spacial score (nSPS) is 15.1. The largest absolute Gasteiger partial charge is 0.384 e. The van der Waals surface area contributed by atoms with Crippen molar-refractivity contribution in [2.75, 3.05) is 11.9 Å². The highest BCUT2D eigenvalue weighted by Crippen LogP contribution is 2.37. The van der Waals surface area contributed by atoms with Crippen molar-refractivity contribution in [3.63, 3.8) is 0 Å². The molecule has 0 unspecified atom stereocenters. The summed E-state index contributed by atoms with van der Waals surface area (Å²) in [5.41, 5.74) is 4.64. The molecule has 2 rings (SSSR count). The molecule has 2 heteroatoms. The zero-order valence-corrected chi connectivity index (χ0v) is 8.41. The van der Waals surface area contributed by atoms with Gasteiger partial charge in [0.05, 0.1) is 5.02 Å². The number of nitrogens with one attached hydrogen (secondary N) is 1. The zero-order chi connectivity index (χ0) is 9.42. The van der Waals surface area contributed by atoms with E-state index in [0.717, 1.165) is 34.8 Å². The summed E-state index contributed by atoms with van der Waals surface area (Å²) in [6.07, 6.45) is 0.982. The lowest BCUT2D eigenvalue weighted by molar-refractivity contribution is 1.05. The van der Waals surface area contributed by atoms with Crippen LogP contribution in [0.25, 0.3) is 5.57 Å². The van der Waals surface area contributed by atoms with E-state index in [2.05, 4.69) is 18.8 Å². The highest BCUT2D eigenvalue weighted by atomic mass is 35.5. The molecule has 0 atom stereocenters. The lowest BCUT2D eigenvalue weighted by atomic mass is 9.96. The van der Waals surface area contributed by atoms with Crippen molar-refractivity contribution in [3.05, 3.63) is 34.9 Å². The Morgan fingerprint density at radius 1 is 1.46 bits per heavy atom. The molecule has 1 aliphatic heterocycles. The van der Waals surface area contributed by atoms with Crippen LogP contribution in [0.4, 0.5) is 5.69 Å². The summed E-state index contributed by atoms with van der Waals surface area (Å²) in [5, 5.41) is 4.16. The van der Waals surface area contributed by atoms with E-state index in [1.54, 1.807) is 0 Å². The van der Waals surface area contributed by atoms with Gasteiger partial charge in [0.2, 0.25) is 0 Å². The van der Waals surface area contributed by atoms with Gasteiger partial charge in [-0.15, -0.1) is 0 Å². The molecule has 0 bridgehead atoms. The van der Waals surface area contributed by atoms with E-state index in [-0.39, 0.29) is 0 Å². The minimum atomic E-state index is 0.804. The van der Waals surface area contributed by atoms with Crippen LogP contribution in [-0.4, -0.2) is 6.54 Å². The number of anilines is 1. The maximum absolute atomic E-state index is 6.11. The summed E-state index contributed by atoms with van der Waals surface area (Å²) in [6.45, 7) is 7.08. The van der Waals surface area contributed by atoms with Crippen LogP contribution in [0.1, 0.15) is 17.5 Å². The van der Waals surface area contributed by atoms with Gasteiger partial charge >= 0.3 is 0 Å². The first-order valence-corrected chi connectivity index (χ1v) is 4.79. The summed E-state index contributed by atoms with van der Waals surface area (Å²) < 4.78 is 0. The lowest BCUT2D eigenvalue weighted by Gasteiger charge is -2.23.